The number of carboxylic acid groups (broad SMARTS) is 1. The molecular weight excluding hydrogens is 343 g/mol. The Hall–Kier alpha value is 0.269. The molecule has 0 fully saturated rings. The van der Waals surface area contributed by atoms with Crippen LogP contribution < -0.4 is 0 Å². The molecule has 0 bridgehead atoms. The maximum atomic E-state index is 10.0. The van der Waals surface area contributed by atoms with Crippen molar-refractivity contribution < 1.29 is 9.90 Å². The van der Waals surface area contributed by atoms with Gasteiger partial charge in [-0.3, -0.25) is 4.79 Å². The summed E-state index contributed by atoms with van der Waals surface area (Å²) in [6.45, 7) is 6.73. The van der Waals surface area contributed by atoms with E-state index in [-0.39, 0.29) is 21.1 Å². The average Bonchev–Trinajstić information content (AvgIpc) is 2.39. The van der Waals surface area contributed by atoms with Crippen LogP contribution >= 0.6 is 0 Å². The van der Waals surface area contributed by atoms with Crippen LogP contribution in [0.2, 0.25) is 8.87 Å². The van der Waals surface area contributed by atoms with E-state index in [4.69, 9.17) is 5.11 Å². The van der Waals surface area contributed by atoms with Gasteiger partial charge >= 0.3 is 75.5 Å². The molecule has 2 nitrogen and oxygen atoms in total. The van der Waals surface area contributed by atoms with Gasteiger partial charge in [-0.25, -0.2) is 0 Å². The molecule has 114 valence electrons. The Morgan fingerprint density at radius 1 is 0.789 bits per heavy atom. The molecule has 3 heteroatoms. The second kappa shape index (κ2) is 20.6. The Labute approximate surface area is 131 Å². The second-order valence-corrected chi connectivity index (χ2v) is 9.30. The van der Waals surface area contributed by atoms with Crippen LogP contribution in [0.1, 0.15) is 85.0 Å². The third-order valence-corrected chi connectivity index (χ3v) is 6.94. The zero-order chi connectivity index (χ0) is 14.8. The number of hydrogen-bond acceptors (Lipinski definition) is 1. The van der Waals surface area contributed by atoms with Gasteiger partial charge in [-0.1, -0.05) is 32.6 Å². The van der Waals surface area contributed by atoms with Gasteiger partial charge in [0.25, 0.3) is 0 Å². The Balaban J connectivity index is 0. The van der Waals surface area contributed by atoms with Gasteiger partial charge in [0.2, 0.25) is 0 Å². The van der Waals surface area contributed by atoms with Gasteiger partial charge in [0.15, 0.2) is 0 Å². The van der Waals surface area contributed by atoms with Gasteiger partial charge in [-0.05, 0) is 6.42 Å². The van der Waals surface area contributed by atoms with Crippen molar-refractivity contribution in [1.29, 1.82) is 0 Å². The van der Waals surface area contributed by atoms with Crippen LogP contribution in [0, 0.1) is 0 Å². The first-order valence-corrected chi connectivity index (χ1v) is 12.1. The Bertz CT molecular complexity index is 166. The van der Waals surface area contributed by atoms with Crippen LogP contribution in [0.25, 0.3) is 0 Å². The maximum absolute atomic E-state index is 10.0. The molecule has 2 radical (unpaired) electrons. The van der Waals surface area contributed by atoms with E-state index in [1.807, 2.05) is 0 Å². The molecule has 19 heavy (non-hydrogen) atoms. The normalized spacial score (nSPS) is 9.84. The van der Waals surface area contributed by atoms with E-state index in [0.717, 1.165) is 12.8 Å². The molecule has 0 aromatic heterocycles. The van der Waals surface area contributed by atoms with Crippen LogP contribution in [0.3, 0.4) is 0 Å². The van der Waals surface area contributed by atoms with Gasteiger partial charge in [0, 0.05) is 6.42 Å². The van der Waals surface area contributed by atoms with Crippen molar-refractivity contribution in [1.82, 2.24) is 0 Å². The van der Waals surface area contributed by atoms with Crippen molar-refractivity contribution in [2.75, 3.05) is 0 Å². The molecule has 0 aliphatic heterocycles. The molecule has 0 spiro atoms. The molecule has 0 aromatic carbocycles. The van der Waals surface area contributed by atoms with E-state index in [1.165, 1.54) is 44.9 Å². The summed E-state index contributed by atoms with van der Waals surface area (Å²) in [5.74, 6) is -0.670. The SMILES string of the molecule is CCCCCCCC(=O)O.CCC[CH2][Sn][CH2]CCC. The predicted octanol–water partition coefficient (Wildman–Crippen LogP) is 5.56. The standard InChI is InChI=1S/C8H16O2.2C4H9.Sn/c1-2-3-4-5-6-7-8(9)10;2*1-3-4-2;/h2-7H2,1H3,(H,9,10);2*1,3-4H2,2H3;. The topological polar surface area (TPSA) is 37.3 Å². The number of unbranched alkanes of at least 4 members (excludes halogenated alkanes) is 6. The van der Waals surface area contributed by atoms with Crippen molar-refractivity contribution in [2.24, 2.45) is 0 Å². The van der Waals surface area contributed by atoms with Crippen LogP contribution in [0.4, 0.5) is 0 Å². The summed E-state index contributed by atoms with van der Waals surface area (Å²) in [4.78, 5) is 10.0. The van der Waals surface area contributed by atoms with E-state index >= 15 is 0 Å². The molecule has 0 amide bonds. The van der Waals surface area contributed by atoms with E-state index in [2.05, 4.69) is 20.8 Å². The van der Waals surface area contributed by atoms with Crippen molar-refractivity contribution in [3.63, 3.8) is 0 Å². The number of rotatable bonds is 12. The summed E-state index contributed by atoms with van der Waals surface area (Å²) in [5.41, 5.74) is 0. The summed E-state index contributed by atoms with van der Waals surface area (Å²) in [5, 5.41) is 8.27. The second-order valence-electron chi connectivity index (χ2n) is 5.02. The molecule has 0 unspecified atom stereocenters. The Kier molecular flexibility index (Phi) is 23.4. The summed E-state index contributed by atoms with van der Waals surface area (Å²) in [6.07, 6.45) is 11.7. The van der Waals surface area contributed by atoms with Gasteiger partial charge in [-0.15, -0.1) is 0 Å². The first-order chi connectivity index (χ1) is 9.18. The molecule has 0 rings (SSSR count). The van der Waals surface area contributed by atoms with Crippen molar-refractivity contribution in [3.05, 3.63) is 0 Å². The first-order valence-electron chi connectivity index (χ1n) is 8.11. The monoisotopic (exact) mass is 378 g/mol. The van der Waals surface area contributed by atoms with E-state index in [0.29, 0.717) is 6.42 Å². The minimum absolute atomic E-state index is 0.149. The van der Waals surface area contributed by atoms with Crippen LogP contribution in [0.15, 0.2) is 0 Å². The van der Waals surface area contributed by atoms with Gasteiger partial charge in [-0.2, -0.15) is 0 Å². The van der Waals surface area contributed by atoms with Crippen LogP contribution in [0.5, 0.6) is 0 Å². The molecule has 0 atom stereocenters. The third kappa shape index (κ3) is 27.5. The van der Waals surface area contributed by atoms with Crippen LogP contribution in [-0.2, 0) is 4.79 Å². The van der Waals surface area contributed by atoms with E-state index in [1.54, 1.807) is 8.87 Å². The number of hydrogen-bond donors (Lipinski definition) is 1. The summed E-state index contributed by atoms with van der Waals surface area (Å²) < 4.78 is 3.25. The van der Waals surface area contributed by atoms with Crippen molar-refractivity contribution in [3.8, 4) is 0 Å². The zero-order valence-corrected chi connectivity index (χ0v) is 16.2. The summed E-state index contributed by atoms with van der Waals surface area (Å²) in [6, 6.07) is 0. The Morgan fingerprint density at radius 2 is 1.26 bits per heavy atom. The predicted molar refractivity (Wildman–Crippen MR) is 86.2 cm³/mol. The average molecular weight is 377 g/mol. The molecule has 0 saturated carbocycles. The van der Waals surface area contributed by atoms with Gasteiger partial charge in [0.05, 0.1) is 0 Å². The molecule has 0 aliphatic rings. The fraction of sp³-hybridized carbons (Fsp3) is 0.938. The molecule has 0 aromatic rings. The Morgan fingerprint density at radius 3 is 1.68 bits per heavy atom. The first kappa shape index (κ1) is 21.6. The summed E-state index contributed by atoms with van der Waals surface area (Å²) in [7, 11) is 0. The number of carbonyl (C=O) groups is 1. The van der Waals surface area contributed by atoms with Crippen molar-refractivity contribution in [2.45, 2.75) is 93.9 Å². The molecule has 0 aliphatic carbocycles. The molecule has 0 saturated heterocycles. The fourth-order valence-corrected chi connectivity index (χ4v) is 5.77. The quantitative estimate of drug-likeness (QED) is 0.357. The van der Waals surface area contributed by atoms with Crippen LogP contribution in [-0.4, -0.2) is 32.2 Å². The fourth-order valence-electron chi connectivity index (χ4n) is 1.61. The van der Waals surface area contributed by atoms with E-state index in [9.17, 15) is 4.79 Å². The van der Waals surface area contributed by atoms with Gasteiger partial charge in [0.1, 0.15) is 0 Å². The third-order valence-electron chi connectivity index (χ3n) is 2.91. The molecule has 1 N–H and O–H groups in total. The van der Waals surface area contributed by atoms with Gasteiger partial charge < -0.3 is 5.11 Å². The van der Waals surface area contributed by atoms with Crippen molar-refractivity contribution >= 4 is 27.1 Å². The zero-order valence-electron chi connectivity index (χ0n) is 13.3. The molecular formula is C16H34O2Sn. The minimum atomic E-state index is -0.670. The van der Waals surface area contributed by atoms with E-state index < -0.39 is 5.97 Å². The number of aliphatic carboxylic acids is 1. The molecule has 0 heterocycles. The number of carboxylic acids is 1. The summed E-state index contributed by atoms with van der Waals surface area (Å²) >= 11 is 0.149.